The molecule has 3 aliphatic carbocycles. The van der Waals surface area contributed by atoms with Crippen LogP contribution in [0.4, 0.5) is 4.79 Å². The number of aliphatic imine (C=N–C) groups is 1. The van der Waals surface area contributed by atoms with Crippen LogP contribution in [0.3, 0.4) is 0 Å². The molecule has 8 atom stereocenters. The summed E-state index contributed by atoms with van der Waals surface area (Å²) in [7, 11) is 2.70. The molecule has 11 rings (SSSR count). The summed E-state index contributed by atoms with van der Waals surface area (Å²) < 4.78 is 4.89. The molecule has 2 saturated carbocycles. The van der Waals surface area contributed by atoms with Crippen molar-refractivity contribution in [3.8, 4) is 33.6 Å². The molecule has 4 fully saturated rings. The molecule has 4 aromatic carbocycles. The lowest BCUT2D eigenvalue weighted by molar-refractivity contribution is -0.188. The molecule has 4 heterocycles. The number of hydrogen-bond acceptors (Lipinski definition) is 9. The van der Waals surface area contributed by atoms with Gasteiger partial charge in [-0.1, -0.05) is 84.9 Å². The lowest BCUT2D eigenvalue weighted by atomic mass is 10.0. The Kier molecular flexibility index (Phi) is 9.67. The van der Waals surface area contributed by atoms with Crippen molar-refractivity contribution in [2.75, 3.05) is 14.2 Å². The van der Waals surface area contributed by atoms with E-state index >= 15 is 0 Å². The maximum Gasteiger partial charge on any atom is 0.407 e. The molecule has 0 unspecified atom stereocenters. The molecule has 14 nitrogen and oxygen atoms in total. The van der Waals surface area contributed by atoms with Gasteiger partial charge in [-0.3, -0.25) is 9.59 Å². The minimum Gasteiger partial charge on any atom is -0.453 e. The normalized spacial score (nSPS) is 23.4. The molecule has 6 aromatic rings. The molecular weight excluding hydrogens is 797 g/mol. The van der Waals surface area contributed by atoms with E-state index in [4.69, 9.17) is 24.5 Å². The molecular formula is C49H46N8O6. The molecule has 2 aromatic heterocycles. The van der Waals surface area contributed by atoms with E-state index < -0.39 is 18.2 Å². The number of hydrogen-bond donors (Lipinski definition) is 3. The SMILES string of the molecule is COOC=N[C@H](C(=O)N1[C@@H]2C[C@@H]2C[C@H]1c1ncc(-c2ccc3c(c2)Cc2cc(-c4cnc([C@@H]5C[C@H]6C[C@H]6N5C(=O)[C@H](NC(=O)OC)c5ccccc5)[nH]4)ccc2-3)[nH]1)c1ccccc1. The number of nitrogens with zero attached hydrogens (tertiary/aromatic N) is 5. The molecule has 63 heavy (non-hydrogen) atoms. The first kappa shape index (κ1) is 38.8. The van der Waals surface area contributed by atoms with Crippen LogP contribution in [0.2, 0.25) is 0 Å². The third-order valence-electron chi connectivity index (χ3n) is 13.6. The highest BCUT2D eigenvalue weighted by molar-refractivity contribution is 5.88. The monoisotopic (exact) mass is 842 g/mol. The van der Waals surface area contributed by atoms with E-state index in [1.54, 1.807) is 0 Å². The Hall–Kier alpha value is -7.06. The second-order valence-corrected chi connectivity index (χ2v) is 17.2. The highest BCUT2D eigenvalue weighted by atomic mass is 17.2. The van der Waals surface area contributed by atoms with Crippen LogP contribution in [-0.2, 0) is 30.5 Å². The van der Waals surface area contributed by atoms with Gasteiger partial charge >= 0.3 is 6.09 Å². The molecule has 2 aliphatic heterocycles. The molecule has 14 heteroatoms. The summed E-state index contributed by atoms with van der Waals surface area (Å²) in [6.45, 7) is 0. The largest absolute Gasteiger partial charge is 0.453 e. The number of aromatic amines is 2. The number of methoxy groups -OCH3 is 1. The molecule has 3 N–H and O–H groups in total. The average Bonchev–Trinajstić information content (AvgIpc) is 3.79. The van der Waals surface area contributed by atoms with E-state index in [0.29, 0.717) is 17.4 Å². The van der Waals surface area contributed by atoms with Crippen LogP contribution in [-0.4, -0.2) is 80.3 Å². The maximum atomic E-state index is 14.2. The fraction of sp³-hybridized carbons (Fsp3) is 0.306. The van der Waals surface area contributed by atoms with Gasteiger partial charge in [0.1, 0.15) is 17.7 Å². The predicted octanol–water partition coefficient (Wildman–Crippen LogP) is 7.81. The van der Waals surface area contributed by atoms with Crippen LogP contribution in [0.1, 0.15) is 83.8 Å². The first-order chi connectivity index (χ1) is 30.9. The van der Waals surface area contributed by atoms with Gasteiger partial charge in [0.25, 0.3) is 11.8 Å². The summed E-state index contributed by atoms with van der Waals surface area (Å²) in [5.41, 5.74) is 10.2. The topological polar surface area (TPSA) is 167 Å². The van der Waals surface area contributed by atoms with E-state index in [1.807, 2.05) is 82.9 Å². The van der Waals surface area contributed by atoms with Crippen LogP contribution >= 0.6 is 0 Å². The van der Waals surface area contributed by atoms with E-state index in [0.717, 1.165) is 71.8 Å². The first-order valence-electron chi connectivity index (χ1n) is 21.5. The fourth-order valence-electron chi connectivity index (χ4n) is 10.3. The lowest BCUT2D eigenvalue weighted by Crippen LogP contribution is -2.44. The molecule has 318 valence electrons. The fourth-order valence-corrected chi connectivity index (χ4v) is 10.3. The van der Waals surface area contributed by atoms with Gasteiger partial charge in [-0.05, 0) is 101 Å². The number of alkyl carbamates (subject to hydrolysis) is 1. The Morgan fingerprint density at radius 1 is 0.714 bits per heavy atom. The van der Waals surface area contributed by atoms with E-state index in [1.165, 1.54) is 42.9 Å². The average molecular weight is 843 g/mol. The Morgan fingerprint density at radius 2 is 1.25 bits per heavy atom. The number of imidazole rings is 2. The van der Waals surface area contributed by atoms with Gasteiger partial charge < -0.3 is 34.7 Å². The Morgan fingerprint density at radius 3 is 1.79 bits per heavy atom. The van der Waals surface area contributed by atoms with Crippen molar-refractivity contribution in [2.45, 2.75) is 68.4 Å². The van der Waals surface area contributed by atoms with Gasteiger partial charge in [-0.2, -0.15) is 4.89 Å². The van der Waals surface area contributed by atoms with Gasteiger partial charge in [0.15, 0.2) is 6.04 Å². The predicted molar refractivity (Wildman–Crippen MR) is 233 cm³/mol. The van der Waals surface area contributed by atoms with Crippen molar-refractivity contribution in [3.63, 3.8) is 0 Å². The highest BCUT2D eigenvalue weighted by Gasteiger charge is 2.57. The molecule has 0 bridgehead atoms. The summed E-state index contributed by atoms with van der Waals surface area (Å²) in [6.07, 6.45) is 8.64. The smallest absolute Gasteiger partial charge is 0.407 e. The van der Waals surface area contributed by atoms with Crippen molar-refractivity contribution >= 4 is 24.3 Å². The molecule has 0 spiro atoms. The number of likely N-dealkylation sites (tertiary alicyclic amines) is 2. The van der Waals surface area contributed by atoms with Gasteiger partial charge in [0.05, 0.1) is 50.1 Å². The van der Waals surface area contributed by atoms with Gasteiger partial charge in [-0.25, -0.2) is 19.8 Å². The number of amides is 3. The van der Waals surface area contributed by atoms with Crippen molar-refractivity contribution in [3.05, 3.63) is 143 Å². The minimum absolute atomic E-state index is 0.0832. The van der Waals surface area contributed by atoms with Crippen molar-refractivity contribution in [1.82, 2.24) is 35.1 Å². The standard InChI is InChI=1S/C49H46N8O6/c1-61-49(60)55-44(28-11-7-4-8-12-28)48(59)57-40-21-34(40)23-42(57)46-51-25-38(54-46)30-14-16-36-32(18-30)19-31-17-29(13-15-35(31)36)37-24-50-45(53-37)41-22-33-20-39(33)56(41)47(58)43(52-26-63-62-2)27-9-5-3-6-10-27/h3-18,24-26,33-34,39-44H,19-23H2,1-2H3,(H,50,53)(H,51,54)(H,55,60)/t33-,34-,39-,40-,41+,42+,43+,44-/m1/s1. The van der Waals surface area contributed by atoms with E-state index in [2.05, 4.69) is 56.7 Å². The molecule has 3 amide bonds. The lowest BCUT2D eigenvalue weighted by Gasteiger charge is -2.30. The Bertz CT molecular complexity index is 2750. The number of carbonyl (C=O) groups excluding carboxylic acids is 3. The zero-order chi connectivity index (χ0) is 42.8. The molecule has 0 radical (unpaired) electrons. The van der Waals surface area contributed by atoms with Crippen LogP contribution < -0.4 is 5.32 Å². The Balaban J connectivity index is 0.800. The number of carbonyl (C=O) groups is 3. The van der Waals surface area contributed by atoms with Crippen LogP contribution in [0.25, 0.3) is 33.6 Å². The first-order valence-corrected chi connectivity index (χ1v) is 21.5. The van der Waals surface area contributed by atoms with Crippen molar-refractivity contribution < 1.29 is 28.9 Å². The third-order valence-corrected chi connectivity index (χ3v) is 13.6. The summed E-state index contributed by atoms with van der Waals surface area (Å²) in [5.74, 6) is 2.12. The van der Waals surface area contributed by atoms with Crippen molar-refractivity contribution in [1.29, 1.82) is 0 Å². The van der Waals surface area contributed by atoms with Gasteiger partial charge in [0, 0.05) is 12.1 Å². The zero-order valence-electron chi connectivity index (χ0n) is 34.8. The number of fused-ring (bicyclic) bond motifs is 5. The minimum atomic E-state index is -0.871. The molecule has 5 aliphatic rings. The number of ether oxygens (including phenoxy) is 1. The number of aromatic nitrogens is 4. The number of benzene rings is 4. The summed E-state index contributed by atoms with van der Waals surface area (Å²) >= 11 is 0. The van der Waals surface area contributed by atoms with Gasteiger partial charge in [0.2, 0.25) is 6.40 Å². The maximum absolute atomic E-state index is 14.2. The highest BCUT2D eigenvalue weighted by Crippen LogP contribution is 2.55. The number of nitrogens with one attached hydrogen (secondary N) is 3. The van der Waals surface area contributed by atoms with Crippen molar-refractivity contribution in [2.24, 2.45) is 16.8 Å². The van der Waals surface area contributed by atoms with Crippen LogP contribution in [0.15, 0.2) is 114 Å². The van der Waals surface area contributed by atoms with E-state index in [-0.39, 0.29) is 36.0 Å². The van der Waals surface area contributed by atoms with E-state index in [9.17, 15) is 14.4 Å². The Labute approximate surface area is 363 Å². The number of H-pyrrole nitrogens is 2. The van der Waals surface area contributed by atoms with Crippen LogP contribution in [0.5, 0.6) is 0 Å². The quantitative estimate of drug-likeness (QED) is 0.0485. The summed E-state index contributed by atoms with van der Waals surface area (Å²) in [5, 5.41) is 2.77. The zero-order valence-corrected chi connectivity index (χ0v) is 34.8. The van der Waals surface area contributed by atoms with Crippen LogP contribution in [0, 0.1) is 11.8 Å². The number of piperidine rings is 2. The summed E-state index contributed by atoms with van der Waals surface area (Å²) in [4.78, 5) is 75.7. The second-order valence-electron chi connectivity index (χ2n) is 17.2. The number of rotatable bonds is 12. The van der Waals surface area contributed by atoms with Gasteiger partial charge in [-0.15, -0.1) is 0 Å². The third kappa shape index (κ3) is 7.04. The molecule has 2 saturated heterocycles. The summed E-state index contributed by atoms with van der Waals surface area (Å²) in [6, 6.07) is 30.1. The second kappa shape index (κ2) is 15.7.